The fourth-order valence-electron chi connectivity index (χ4n) is 0.816. The van der Waals surface area contributed by atoms with E-state index in [0.29, 0.717) is 5.71 Å². The largest absolute Gasteiger partial charge is 0.464 e. The van der Waals surface area contributed by atoms with Crippen molar-refractivity contribution in [3.8, 4) is 0 Å². The van der Waals surface area contributed by atoms with Gasteiger partial charge in [-0.1, -0.05) is 0 Å². The minimum Gasteiger partial charge on any atom is -0.464 e. The van der Waals surface area contributed by atoms with E-state index >= 15 is 0 Å². The van der Waals surface area contributed by atoms with Gasteiger partial charge in [0.1, 0.15) is 0 Å². The zero-order chi connectivity index (χ0) is 9.84. The molecule has 1 heterocycles. The van der Waals surface area contributed by atoms with E-state index in [1.807, 2.05) is 24.5 Å². The van der Waals surface area contributed by atoms with E-state index in [4.69, 9.17) is 5.11 Å². The number of nitrogens with zero attached hydrogens (tertiary/aromatic N) is 1. The highest BCUT2D eigenvalue weighted by Gasteiger charge is 2.00. The molecule has 2 N–H and O–H groups in total. The zero-order valence-electron chi connectivity index (χ0n) is 7.37. The molecule has 4 nitrogen and oxygen atoms in total. The smallest absolute Gasteiger partial charge is 0.425 e. The maximum Gasteiger partial charge on any atom is 0.425 e. The quantitative estimate of drug-likeness (QED) is 0.564. The number of rotatable bonds is 2. The van der Waals surface area contributed by atoms with Crippen molar-refractivity contribution in [1.29, 1.82) is 0 Å². The van der Waals surface area contributed by atoms with Gasteiger partial charge in [-0.2, -0.15) is 5.10 Å². The van der Waals surface area contributed by atoms with E-state index in [1.165, 1.54) is 4.88 Å². The van der Waals surface area contributed by atoms with Gasteiger partial charge in [-0.25, -0.2) is 10.2 Å². The lowest BCUT2D eigenvalue weighted by Gasteiger charge is -1.95. The van der Waals surface area contributed by atoms with Crippen LogP contribution in [-0.4, -0.2) is 16.9 Å². The summed E-state index contributed by atoms with van der Waals surface area (Å²) in [7, 11) is 0. The molecule has 0 bridgehead atoms. The van der Waals surface area contributed by atoms with Crippen LogP contribution in [0.5, 0.6) is 0 Å². The topological polar surface area (TPSA) is 61.7 Å². The van der Waals surface area contributed by atoms with Gasteiger partial charge in [0.15, 0.2) is 0 Å². The van der Waals surface area contributed by atoms with Crippen LogP contribution >= 0.6 is 11.3 Å². The number of nitrogens with one attached hydrogen (secondary N) is 1. The summed E-state index contributed by atoms with van der Waals surface area (Å²) in [5.74, 6) is 0. The molecule has 1 rings (SSSR count). The fourth-order valence-corrected chi connectivity index (χ4v) is 1.63. The van der Waals surface area contributed by atoms with Crippen LogP contribution in [0.1, 0.15) is 16.7 Å². The molecule has 70 valence electrons. The van der Waals surface area contributed by atoms with Crippen LogP contribution in [0.2, 0.25) is 0 Å². The molecule has 0 saturated heterocycles. The molecule has 13 heavy (non-hydrogen) atoms. The predicted octanol–water partition coefficient (Wildman–Crippen LogP) is 2.05. The van der Waals surface area contributed by atoms with Crippen molar-refractivity contribution in [1.82, 2.24) is 5.43 Å². The van der Waals surface area contributed by atoms with Gasteiger partial charge in [0.05, 0.1) is 10.6 Å². The SMILES string of the molecule is C/C(=N/NC(=O)O)c1ccc(C)s1. The molecule has 0 aliphatic heterocycles. The van der Waals surface area contributed by atoms with Crippen LogP contribution in [0.3, 0.4) is 0 Å². The van der Waals surface area contributed by atoms with Crippen molar-refractivity contribution in [2.45, 2.75) is 13.8 Å². The van der Waals surface area contributed by atoms with Crippen LogP contribution < -0.4 is 5.43 Å². The van der Waals surface area contributed by atoms with Gasteiger partial charge in [0, 0.05) is 4.88 Å². The highest BCUT2D eigenvalue weighted by Crippen LogP contribution is 2.15. The molecule has 1 aromatic heterocycles. The molecule has 1 amide bonds. The van der Waals surface area contributed by atoms with Gasteiger partial charge < -0.3 is 5.11 Å². The van der Waals surface area contributed by atoms with Crippen molar-refractivity contribution < 1.29 is 9.90 Å². The highest BCUT2D eigenvalue weighted by atomic mass is 32.1. The molecule has 0 saturated carbocycles. The molecular weight excluding hydrogens is 188 g/mol. The summed E-state index contributed by atoms with van der Waals surface area (Å²) in [6.45, 7) is 3.76. The second-order valence-electron chi connectivity index (χ2n) is 2.52. The number of hydrogen-bond acceptors (Lipinski definition) is 3. The van der Waals surface area contributed by atoms with Gasteiger partial charge in [0.25, 0.3) is 0 Å². The molecule has 0 spiro atoms. The summed E-state index contributed by atoms with van der Waals surface area (Å²) in [6.07, 6.45) is -1.15. The molecule has 0 aliphatic carbocycles. The van der Waals surface area contributed by atoms with Crippen molar-refractivity contribution in [3.05, 3.63) is 21.9 Å². The molecule has 5 heteroatoms. The lowest BCUT2D eigenvalue weighted by molar-refractivity contribution is 0.195. The van der Waals surface area contributed by atoms with Crippen LogP contribution in [0.15, 0.2) is 17.2 Å². The zero-order valence-corrected chi connectivity index (χ0v) is 8.18. The van der Waals surface area contributed by atoms with E-state index in [1.54, 1.807) is 18.3 Å². The lowest BCUT2D eigenvalue weighted by Crippen LogP contribution is -2.15. The van der Waals surface area contributed by atoms with E-state index in [9.17, 15) is 4.79 Å². The standard InChI is InChI=1S/C8H10N2O2S/c1-5-3-4-7(13-5)6(2)9-10-8(11)12/h3-4,10H,1-2H3,(H,11,12)/b9-6-. The number of hydrogen-bond donors (Lipinski definition) is 2. The van der Waals surface area contributed by atoms with E-state index in [0.717, 1.165) is 4.88 Å². The Morgan fingerprint density at radius 2 is 2.31 bits per heavy atom. The van der Waals surface area contributed by atoms with Gasteiger partial charge in [-0.15, -0.1) is 11.3 Å². The third-order valence-corrected chi connectivity index (χ3v) is 2.53. The highest BCUT2D eigenvalue weighted by molar-refractivity contribution is 7.14. The third kappa shape index (κ3) is 2.87. The second kappa shape index (κ2) is 4.04. The Kier molecular flexibility index (Phi) is 3.02. The summed E-state index contributed by atoms with van der Waals surface area (Å²) >= 11 is 1.58. The Balaban J connectivity index is 2.72. The molecule has 1 aromatic rings. The molecule has 0 unspecified atom stereocenters. The average Bonchev–Trinajstić information content (AvgIpc) is 2.47. The Hall–Kier alpha value is -1.36. The summed E-state index contributed by atoms with van der Waals surface area (Å²) in [6, 6.07) is 3.89. The number of amides is 1. The summed E-state index contributed by atoms with van der Waals surface area (Å²) < 4.78 is 0. The maximum absolute atomic E-state index is 10.1. The molecule has 0 atom stereocenters. The van der Waals surface area contributed by atoms with Crippen LogP contribution in [-0.2, 0) is 0 Å². The first-order chi connectivity index (χ1) is 6.09. The normalized spacial score (nSPS) is 11.4. The molecular formula is C8H10N2O2S. The number of carbonyl (C=O) groups is 1. The Morgan fingerprint density at radius 1 is 1.62 bits per heavy atom. The first-order valence-electron chi connectivity index (χ1n) is 3.69. The Bertz CT molecular complexity index is 344. The predicted molar refractivity (Wildman–Crippen MR) is 52.4 cm³/mol. The molecule has 0 fully saturated rings. The summed E-state index contributed by atoms with van der Waals surface area (Å²) in [5, 5.41) is 12.0. The van der Waals surface area contributed by atoms with Crippen molar-refractivity contribution in [2.75, 3.05) is 0 Å². The number of carboxylic acid groups (broad SMARTS) is 1. The van der Waals surface area contributed by atoms with Gasteiger partial charge in [-0.05, 0) is 26.0 Å². The minimum atomic E-state index is -1.15. The van der Waals surface area contributed by atoms with E-state index < -0.39 is 6.09 Å². The van der Waals surface area contributed by atoms with Gasteiger partial charge in [0.2, 0.25) is 0 Å². The number of hydrazone groups is 1. The van der Waals surface area contributed by atoms with Crippen molar-refractivity contribution in [2.24, 2.45) is 5.10 Å². The van der Waals surface area contributed by atoms with Gasteiger partial charge in [-0.3, -0.25) is 0 Å². The van der Waals surface area contributed by atoms with Crippen molar-refractivity contribution in [3.63, 3.8) is 0 Å². The summed E-state index contributed by atoms with van der Waals surface area (Å²) in [5.41, 5.74) is 2.65. The van der Waals surface area contributed by atoms with Crippen molar-refractivity contribution >= 4 is 23.1 Å². The Morgan fingerprint density at radius 3 is 2.77 bits per heavy atom. The van der Waals surface area contributed by atoms with E-state index in [2.05, 4.69) is 5.10 Å². The number of aryl methyl sites for hydroxylation is 1. The molecule has 0 aliphatic rings. The van der Waals surface area contributed by atoms with E-state index in [-0.39, 0.29) is 0 Å². The average molecular weight is 198 g/mol. The minimum absolute atomic E-state index is 0.681. The van der Waals surface area contributed by atoms with Crippen LogP contribution in [0.4, 0.5) is 4.79 Å². The lowest BCUT2D eigenvalue weighted by atomic mass is 10.3. The monoisotopic (exact) mass is 198 g/mol. The Labute approximate surface area is 79.9 Å². The fraction of sp³-hybridized carbons (Fsp3) is 0.250. The summed E-state index contributed by atoms with van der Waals surface area (Å²) in [4.78, 5) is 12.3. The third-order valence-electron chi connectivity index (χ3n) is 1.42. The molecule has 0 radical (unpaired) electrons. The second-order valence-corrected chi connectivity index (χ2v) is 3.81. The van der Waals surface area contributed by atoms with Gasteiger partial charge >= 0.3 is 6.09 Å². The molecule has 0 aromatic carbocycles. The van der Waals surface area contributed by atoms with Crippen LogP contribution in [0, 0.1) is 6.92 Å². The maximum atomic E-state index is 10.1. The first kappa shape index (κ1) is 9.73. The number of thiophene rings is 1. The van der Waals surface area contributed by atoms with Crippen LogP contribution in [0.25, 0.3) is 0 Å². The first-order valence-corrected chi connectivity index (χ1v) is 4.51.